The summed E-state index contributed by atoms with van der Waals surface area (Å²) in [5.74, 6) is 0.880. The van der Waals surface area contributed by atoms with Crippen LogP contribution in [0, 0.1) is 0 Å². The molecule has 0 spiro atoms. The molecule has 2 nitrogen and oxygen atoms in total. The molecule has 0 aliphatic heterocycles. The number of ether oxygens (including phenoxy) is 1. The zero-order valence-corrected chi connectivity index (χ0v) is 13.1. The Morgan fingerprint density at radius 2 is 1.30 bits per heavy atom. The lowest BCUT2D eigenvalue weighted by molar-refractivity contribution is 0.306. The van der Waals surface area contributed by atoms with Crippen molar-refractivity contribution in [3.63, 3.8) is 0 Å². The molecule has 0 bridgehead atoms. The molecule has 3 aromatic rings. The summed E-state index contributed by atoms with van der Waals surface area (Å²) < 4.78 is 5.81. The van der Waals surface area contributed by atoms with Gasteiger partial charge in [-0.1, -0.05) is 72.8 Å². The Bertz CT molecular complexity index is 708. The normalized spacial score (nSPS) is 11.9. The van der Waals surface area contributed by atoms with Gasteiger partial charge in [0.25, 0.3) is 0 Å². The van der Waals surface area contributed by atoms with E-state index in [0.717, 1.165) is 17.7 Å². The van der Waals surface area contributed by atoms with Gasteiger partial charge in [0, 0.05) is 6.04 Å². The van der Waals surface area contributed by atoms with Gasteiger partial charge in [-0.3, -0.25) is 0 Å². The minimum absolute atomic E-state index is 0.0206. The highest BCUT2D eigenvalue weighted by molar-refractivity contribution is 5.30. The van der Waals surface area contributed by atoms with Crippen LogP contribution in [0.15, 0.2) is 84.9 Å². The van der Waals surface area contributed by atoms with Crippen molar-refractivity contribution in [2.24, 2.45) is 5.73 Å². The lowest BCUT2D eigenvalue weighted by Crippen LogP contribution is -2.13. The van der Waals surface area contributed by atoms with Crippen LogP contribution in [0.2, 0.25) is 0 Å². The van der Waals surface area contributed by atoms with Crippen LogP contribution in [0.5, 0.6) is 5.75 Å². The number of hydrogen-bond acceptors (Lipinski definition) is 2. The van der Waals surface area contributed by atoms with Gasteiger partial charge >= 0.3 is 0 Å². The van der Waals surface area contributed by atoms with E-state index in [1.54, 1.807) is 0 Å². The second-order valence-corrected chi connectivity index (χ2v) is 5.64. The fourth-order valence-electron chi connectivity index (χ4n) is 2.53. The molecule has 3 aromatic carbocycles. The summed E-state index contributed by atoms with van der Waals surface area (Å²) in [6, 6.07) is 28.6. The first-order valence-electron chi connectivity index (χ1n) is 7.87. The minimum Gasteiger partial charge on any atom is -0.489 e. The van der Waals surface area contributed by atoms with E-state index < -0.39 is 0 Å². The summed E-state index contributed by atoms with van der Waals surface area (Å²) >= 11 is 0. The first kappa shape index (κ1) is 15.3. The second kappa shape index (κ2) is 7.61. The average molecular weight is 303 g/mol. The van der Waals surface area contributed by atoms with Crippen molar-refractivity contribution in [2.75, 3.05) is 0 Å². The largest absolute Gasteiger partial charge is 0.489 e. The summed E-state index contributed by atoms with van der Waals surface area (Å²) in [5.41, 5.74) is 9.82. The summed E-state index contributed by atoms with van der Waals surface area (Å²) in [6.45, 7) is 0.587. The van der Waals surface area contributed by atoms with Crippen molar-refractivity contribution in [2.45, 2.75) is 19.1 Å². The maximum Gasteiger partial charge on any atom is 0.119 e. The fourth-order valence-corrected chi connectivity index (χ4v) is 2.53. The molecular formula is C21H21NO. The monoisotopic (exact) mass is 303 g/mol. The van der Waals surface area contributed by atoms with Gasteiger partial charge < -0.3 is 10.5 Å². The third kappa shape index (κ3) is 4.44. The summed E-state index contributed by atoms with van der Waals surface area (Å²) in [6.07, 6.45) is 0.822. The van der Waals surface area contributed by atoms with Crippen LogP contribution in [0.4, 0.5) is 0 Å². The van der Waals surface area contributed by atoms with Gasteiger partial charge in [0.1, 0.15) is 12.4 Å². The maximum atomic E-state index is 6.27. The van der Waals surface area contributed by atoms with E-state index in [0.29, 0.717) is 6.61 Å². The van der Waals surface area contributed by atoms with Crippen LogP contribution in [0.25, 0.3) is 0 Å². The van der Waals surface area contributed by atoms with E-state index in [2.05, 4.69) is 36.4 Å². The predicted molar refractivity (Wildman–Crippen MR) is 94.3 cm³/mol. The third-order valence-corrected chi connectivity index (χ3v) is 3.86. The Kier molecular flexibility index (Phi) is 5.07. The Labute approximate surface area is 137 Å². The van der Waals surface area contributed by atoms with Gasteiger partial charge in [-0.15, -0.1) is 0 Å². The molecule has 2 heteroatoms. The highest BCUT2D eigenvalue weighted by Crippen LogP contribution is 2.19. The molecule has 0 heterocycles. The number of nitrogens with two attached hydrogens (primary N) is 1. The topological polar surface area (TPSA) is 35.2 Å². The van der Waals surface area contributed by atoms with Gasteiger partial charge in [-0.25, -0.2) is 0 Å². The molecule has 1 atom stereocenters. The molecule has 0 aliphatic carbocycles. The molecule has 0 aromatic heterocycles. The minimum atomic E-state index is 0.0206. The van der Waals surface area contributed by atoms with E-state index in [9.17, 15) is 0 Å². The van der Waals surface area contributed by atoms with Crippen LogP contribution in [0.1, 0.15) is 22.7 Å². The highest BCUT2D eigenvalue weighted by Gasteiger charge is 2.06. The lowest BCUT2D eigenvalue weighted by Gasteiger charge is -2.13. The number of rotatable bonds is 6. The van der Waals surface area contributed by atoms with Gasteiger partial charge in [-0.05, 0) is 35.2 Å². The molecule has 0 saturated heterocycles. The van der Waals surface area contributed by atoms with E-state index in [1.165, 1.54) is 11.1 Å². The van der Waals surface area contributed by atoms with Crippen molar-refractivity contribution in [1.82, 2.24) is 0 Å². The first-order valence-corrected chi connectivity index (χ1v) is 7.87. The molecule has 0 amide bonds. The summed E-state index contributed by atoms with van der Waals surface area (Å²) in [4.78, 5) is 0. The van der Waals surface area contributed by atoms with Crippen molar-refractivity contribution in [3.05, 3.63) is 102 Å². The van der Waals surface area contributed by atoms with Crippen LogP contribution in [0.3, 0.4) is 0 Å². The zero-order chi connectivity index (χ0) is 15.9. The smallest absolute Gasteiger partial charge is 0.119 e. The summed E-state index contributed by atoms with van der Waals surface area (Å²) in [7, 11) is 0. The van der Waals surface area contributed by atoms with Crippen molar-refractivity contribution in [3.8, 4) is 5.75 Å². The number of hydrogen-bond donors (Lipinski definition) is 1. The van der Waals surface area contributed by atoms with Crippen LogP contribution < -0.4 is 10.5 Å². The Balaban J connectivity index is 1.57. The van der Waals surface area contributed by atoms with Gasteiger partial charge in [-0.2, -0.15) is 0 Å². The molecular weight excluding hydrogens is 282 g/mol. The molecule has 116 valence electrons. The first-order chi connectivity index (χ1) is 11.3. The summed E-state index contributed by atoms with van der Waals surface area (Å²) in [5, 5.41) is 0. The molecule has 0 radical (unpaired) electrons. The van der Waals surface area contributed by atoms with Crippen molar-refractivity contribution < 1.29 is 4.74 Å². The van der Waals surface area contributed by atoms with E-state index >= 15 is 0 Å². The van der Waals surface area contributed by atoms with Crippen LogP contribution in [-0.2, 0) is 13.0 Å². The van der Waals surface area contributed by atoms with Gasteiger partial charge in [0.2, 0.25) is 0 Å². The quantitative estimate of drug-likeness (QED) is 0.727. The number of benzene rings is 3. The van der Waals surface area contributed by atoms with Gasteiger partial charge in [0.05, 0.1) is 0 Å². The predicted octanol–water partition coefficient (Wildman–Crippen LogP) is 4.51. The Morgan fingerprint density at radius 1 is 0.696 bits per heavy atom. The van der Waals surface area contributed by atoms with E-state index in [4.69, 9.17) is 10.5 Å². The SMILES string of the molecule is NC(Cc1ccc(OCc2ccccc2)cc1)c1ccccc1. The maximum absolute atomic E-state index is 6.27. The van der Waals surface area contributed by atoms with E-state index in [1.807, 2.05) is 48.5 Å². The lowest BCUT2D eigenvalue weighted by atomic mass is 10.00. The Hall–Kier alpha value is -2.58. The average Bonchev–Trinajstić information content (AvgIpc) is 2.63. The zero-order valence-electron chi connectivity index (χ0n) is 13.1. The molecule has 0 saturated carbocycles. The molecule has 0 fully saturated rings. The molecule has 23 heavy (non-hydrogen) atoms. The molecule has 2 N–H and O–H groups in total. The standard InChI is InChI=1S/C21H21NO/c22-21(19-9-5-2-6-10-19)15-17-11-13-20(14-12-17)23-16-18-7-3-1-4-8-18/h1-14,21H,15-16,22H2. The molecule has 1 unspecified atom stereocenters. The van der Waals surface area contributed by atoms with Crippen LogP contribution in [-0.4, -0.2) is 0 Å². The van der Waals surface area contributed by atoms with Crippen molar-refractivity contribution >= 4 is 0 Å². The van der Waals surface area contributed by atoms with E-state index in [-0.39, 0.29) is 6.04 Å². The fraction of sp³-hybridized carbons (Fsp3) is 0.143. The van der Waals surface area contributed by atoms with Crippen LogP contribution >= 0.6 is 0 Å². The third-order valence-electron chi connectivity index (χ3n) is 3.86. The van der Waals surface area contributed by atoms with Gasteiger partial charge in [0.15, 0.2) is 0 Å². The van der Waals surface area contributed by atoms with Crippen molar-refractivity contribution in [1.29, 1.82) is 0 Å². The molecule has 3 rings (SSSR count). The Morgan fingerprint density at radius 3 is 1.96 bits per heavy atom. The second-order valence-electron chi connectivity index (χ2n) is 5.64. The molecule has 0 aliphatic rings. The highest BCUT2D eigenvalue weighted by atomic mass is 16.5.